The number of anilines is 1. The van der Waals surface area contributed by atoms with E-state index in [1.54, 1.807) is 6.20 Å². The number of likely N-dealkylation sites (tertiary alicyclic amines) is 1. The molecule has 1 aromatic carbocycles. The van der Waals surface area contributed by atoms with Gasteiger partial charge in [0, 0.05) is 26.1 Å². The lowest BCUT2D eigenvalue weighted by Gasteiger charge is -2.36. The minimum Gasteiger partial charge on any atom is -0.382 e. The second-order valence-corrected chi connectivity index (χ2v) is 8.78. The Morgan fingerprint density at radius 1 is 1.26 bits per heavy atom. The summed E-state index contributed by atoms with van der Waals surface area (Å²) in [5, 5.41) is 7.71. The zero-order valence-corrected chi connectivity index (χ0v) is 18.6. The molecule has 1 amide bonds. The molecule has 31 heavy (non-hydrogen) atoms. The van der Waals surface area contributed by atoms with E-state index in [9.17, 15) is 9.59 Å². The second-order valence-electron chi connectivity index (χ2n) is 8.41. The van der Waals surface area contributed by atoms with Crippen molar-refractivity contribution in [3.8, 4) is 0 Å². The number of hydrogen-bond acceptors (Lipinski definition) is 5. The number of aromatic nitrogens is 2. The van der Waals surface area contributed by atoms with Gasteiger partial charge in [-0.25, -0.2) is 4.68 Å². The maximum absolute atomic E-state index is 12.9. The molecular weight excluding hydrogens is 416 g/mol. The number of halogens is 1. The summed E-state index contributed by atoms with van der Waals surface area (Å²) in [7, 11) is 0. The normalized spacial score (nSPS) is 22.9. The van der Waals surface area contributed by atoms with Crippen molar-refractivity contribution in [3.05, 3.63) is 57.5 Å². The van der Waals surface area contributed by atoms with Gasteiger partial charge in [-0.05, 0) is 37.7 Å². The van der Waals surface area contributed by atoms with Crippen molar-refractivity contribution in [2.45, 2.75) is 44.7 Å². The standard InChI is InChI=1S/C23H29ClN4O3/c1-16(18-7-3-2-4-8-18)27-10-9-19(12-21(27)29)28-23(30)22(24)20(14-26-28)25-13-17-6-5-11-31-15-17/h2-4,7-8,14,16-17,19,25H,5-6,9-13,15H2,1H3/t16?,17-,19-/m0/s1. The molecule has 8 heteroatoms. The molecule has 4 rings (SSSR count). The number of carbonyl (C=O) groups is 1. The van der Waals surface area contributed by atoms with Crippen molar-refractivity contribution in [1.29, 1.82) is 0 Å². The third kappa shape index (κ3) is 4.93. The zero-order valence-electron chi connectivity index (χ0n) is 17.8. The highest BCUT2D eigenvalue weighted by atomic mass is 35.5. The van der Waals surface area contributed by atoms with Crippen LogP contribution in [0.5, 0.6) is 0 Å². The third-order valence-electron chi connectivity index (χ3n) is 6.31. The molecule has 2 aliphatic rings. The van der Waals surface area contributed by atoms with E-state index in [1.807, 2.05) is 42.2 Å². The SMILES string of the molecule is CC(c1ccccc1)N1CC[C@H](n2ncc(NC[C@@H]3CCCOC3)c(Cl)c2=O)CC1=O. The highest BCUT2D eigenvalue weighted by Crippen LogP contribution is 2.29. The highest BCUT2D eigenvalue weighted by Gasteiger charge is 2.32. The Bertz CT molecular complexity index is 959. The second kappa shape index (κ2) is 9.83. The van der Waals surface area contributed by atoms with Gasteiger partial charge in [-0.2, -0.15) is 5.10 Å². The van der Waals surface area contributed by atoms with Gasteiger partial charge in [-0.3, -0.25) is 9.59 Å². The van der Waals surface area contributed by atoms with Gasteiger partial charge in [0.2, 0.25) is 5.91 Å². The molecule has 166 valence electrons. The average Bonchev–Trinajstić information content (AvgIpc) is 2.81. The van der Waals surface area contributed by atoms with Crippen LogP contribution >= 0.6 is 11.6 Å². The van der Waals surface area contributed by atoms with Crippen molar-refractivity contribution in [2.75, 3.05) is 31.6 Å². The van der Waals surface area contributed by atoms with Crippen molar-refractivity contribution in [2.24, 2.45) is 5.92 Å². The number of piperidine rings is 1. The molecule has 7 nitrogen and oxygen atoms in total. The number of carbonyl (C=O) groups excluding carboxylic acids is 1. The lowest BCUT2D eigenvalue weighted by Crippen LogP contribution is -2.43. The van der Waals surface area contributed by atoms with Gasteiger partial charge < -0.3 is 15.0 Å². The maximum Gasteiger partial charge on any atom is 0.287 e. The van der Waals surface area contributed by atoms with Crippen LogP contribution in [0, 0.1) is 5.92 Å². The zero-order chi connectivity index (χ0) is 21.8. The van der Waals surface area contributed by atoms with Crippen LogP contribution in [0.2, 0.25) is 5.02 Å². The van der Waals surface area contributed by atoms with Gasteiger partial charge in [-0.1, -0.05) is 41.9 Å². The van der Waals surface area contributed by atoms with Crippen molar-refractivity contribution in [1.82, 2.24) is 14.7 Å². The number of nitrogens with one attached hydrogen (secondary N) is 1. The first-order valence-electron chi connectivity index (χ1n) is 11.0. The van der Waals surface area contributed by atoms with E-state index in [2.05, 4.69) is 10.4 Å². The van der Waals surface area contributed by atoms with Crippen LogP contribution in [-0.4, -0.2) is 46.9 Å². The minimum absolute atomic E-state index is 0.00161. The summed E-state index contributed by atoms with van der Waals surface area (Å²) in [6.07, 6.45) is 4.65. The van der Waals surface area contributed by atoms with Crippen molar-refractivity contribution >= 4 is 23.2 Å². The summed E-state index contributed by atoms with van der Waals surface area (Å²) in [5.41, 5.74) is 1.29. The van der Waals surface area contributed by atoms with Crippen molar-refractivity contribution in [3.63, 3.8) is 0 Å². The van der Waals surface area contributed by atoms with Crippen LogP contribution < -0.4 is 10.9 Å². The number of hydrogen-bond donors (Lipinski definition) is 1. The predicted molar refractivity (Wildman–Crippen MR) is 120 cm³/mol. The molecular formula is C23H29ClN4O3. The fourth-order valence-corrected chi connectivity index (χ4v) is 4.62. The number of nitrogens with zero attached hydrogens (tertiary/aromatic N) is 3. The first-order chi connectivity index (χ1) is 15.0. The van der Waals surface area contributed by atoms with Crippen LogP contribution in [0.25, 0.3) is 0 Å². The number of rotatable bonds is 6. The molecule has 1 aromatic heterocycles. The molecule has 2 aromatic rings. The van der Waals surface area contributed by atoms with Gasteiger partial charge in [0.15, 0.2) is 0 Å². The van der Waals surface area contributed by atoms with Crippen LogP contribution in [0.1, 0.15) is 50.3 Å². The van der Waals surface area contributed by atoms with E-state index in [4.69, 9.17) is 16.3 Å². The average molecular weight is 445 g/mol. The highest BCUT2D eigenvalue weighted by molar-refractivity contribution is 6.32. The Balaban J connectivity index is 1.41. The molecule has 0 aliphatic carbocycles. The predicted octanol–water partition coefficient (Wildman–Crippen LogP) is 3.66. The molecule has 2 saturated heterocycles. The van der Waals surface area contributed by atoms with E-state index >= 15 is 0 Å². The summed E-state index contributed by atoms with van der Waals surface area (Å²) >= 11 is 6.37. The monoisotopic (exact) mass is 444 g/mol. The van der Waals surface area contributed by atoms with E-state index < -0.39 is 0 Å². The first-order valence-corrected chi connectivity index (χ1v) is 11.4. The van der Waals surface area contributed by atoms with E-state index in [-0.39, 0.29) is 35.0 Å². The van der Waals surface area contributed by atoms with Crippen molar-refractivity contribution < 1.29 is 9.53 Å². The molecule has 3 heterocycles. The van der Waals surface area contributed by atoms with Crippen LogP contribution in [-0.2, 0) is 9.53 Å². The summed E-state index contributed by atoms with van der Waals surface area (Å²) in [6.45, 7) is 4.84. The van der Waals surface area contributed by atoms with Gasteiger partial charge in [-0.15, -0.1) is 0 Å². The Morgan fingerprint density at radius 2 is 2.06 bits per heavy atom. The topological polar surface area (TPSA) is 76.5 Å². The Hall–Kier alpha value is -2.38. The van der Waals surface area contributed by atoms with Crippen LogP contribution in [0.4, 0.5) is 5.69 Å². The number of amides is 1. The van der Waals surface area contributed by atoms with Crippen LogP contribution in [0.15, 0.2) is 41.3 Å². The first kappa shape index (κ1) is 21.8. The summed E-state index contributed by atoms with van der Waals surface area (Å²) in [4.78, 5) is 27.6. The smallest absolute Gasteiger partial charge is 0.287 e. The Kier molecular flexibility index (Phi) is 6.92. The van der Waals surface area contributed by atoms with Crippen LogP contribution in [0.3, 0.4) is 0 Å². The fraction of sp³-hybridized carbons (Fsp3) is 0.522. The summed E-state index contributed by atoms with van der Waals surface area (Å²) < 4.78 is 6.87. The molecule has 2 fully saturated rings. The number of ether oxygens (including phenoxy) is 1. The summed E-state index contributed by atoms with van der Waals surface area (Å²) in [5.74, 6) is 0.428. The molecule has 0 saturated carbocycles. The minimum atomic E-state index is -0.353. The lowest BCUT2D eigenvalue weighted by atomic mass is 9.99. The van der Waals surface area contributed by atoms with Gasteiger partial charge in [0.1, 0.15) is 5.02 Å². The maximum atomic E-state index is 12.9. The molecule has 3 atom stereocenters. The molecule has 1 N–H and O–H groups in total. The Labute approximate surface area is 187 Å². The van der Waals surface area contributed by atoms with Gasteiger partial charge >= 0.3 is 0 Å². The number of benzene rings is 1. The van der Waals surface area contributed by atoms with Gasteiger partial charge in [0.05, 0.1) is 30.6 Å². The molecule has 0 bridgehead atoms. The van der Waals surface area contributed by atoms with E-state index in [0.29, 0.717) is 31.1 Å². The van der Waals surface area contributed by atoms with Gasteiger partial charge in [0.25, 0.3) is 5.56 Å². The molecule has 2 aliphatic heterocycles. The fourth-order valence-electron chi connectivity index (χ4n) is 4.41. The van der Waals surface area contributed by atoms with E-state index in [1.165, 1.54) is 4.68 Å². The summed E-state index contributed by atoms with van der Waals surface area (Å²) in [6, 6.07) is 9.70. The largest absolute Gasteiger partial charge is 0.382 e. The molecule has 0 spiro atoms. The molecule has 1 unspecified atom stereocenters. The molecule has 0 radical (unpaired) electrons. The third-order valence-corrected chi connectivity index (χ3v) is 6.67. The van der Waals surface area contributed by atoms with E-state index in [0.717, 1.165) is 31.6 Å². The Morgan fingerprint density at radius 3 is 2.77 bits per heavy atom. The lowest BCUT2D eigenvalue weighted by molar-refractivity contribution is -0.137. The quantitative estimate of drug-likeness (QED) is 0.735.